The van der Waals surface area contributed by atoms with Crippen LogP contribution in [0.2, 0.25) is 0 Å². The molecule has 2 aliphatic rings. The second-order valence-electron chi connectivity index (χ2n) is 6.40. The van der Waals surface area contributed by atoms with Crippen molar-refractivity contribution < 1.29 is 0 Å². The van der Waals surface area contributed by atoms with Crippen molar-refractivity contribution in [2.24, 2.45) is 23.5 Å². The Morgan fingerprint density at radius 1 is 1.18 bits per heavy atom. The summed E-state index contributed by atoms with van der Waals surface area (Å²) in [4.78, 5) is 2.64. The number of rotatable bonds is 4. The van der Waals surface area contributed by atoms with E-state index in [-0.39, 0.29) is 0 Å². The van der Waals surface area contributed by atoms with E-state index in [4.69, 9.17) is 5.73 Å². The molecule has 2 rings (SSSR count). The van der Waals surface area contributed by atoms with Gasteiger partial charge in [0.15, 0.2) is 0 Å². The van der Waals surface area contributed by atoms with Crippen molar-refractivity contribution in [3.05, 3.63) is 0 Å². The average molecular weight is 238 g/mol. The van der Waals surface area contributed by atoms with Crippen LogP contribution in [0.1, 0.15) is 52.4 Å². The molecule has 0 unspecified atom stereocenters. The highest BCUT2D eigenvalue weighted by Crippen LogP contribution is 2.36. The number of hydrogen-bond donors (Lipinski definition) is 1. The molecule has 0 spiro atoms. The minimum absolute atomic E-state index is 0.375. The van der Waals surface area contributed by atoms with Crippen molar-refractivity contribution in [1.29, 1.82) is 0 Å². The first-order valence-corrected chi connectivity index (χ1v) is 7.68. The molecule has 1 aliphatic carbocycles. The molecule has 1 saturated heterocycles. The minimum Gasteiger partial charge on any atom is -0.326 e. The zero-order chi connectivity index (χ0) is 12.3. The number of piperidine rings is 1. The molecule has 1 aliphatic heterocycles. The highest BCUT2D eigenvalue weighted by atomic mass is 15.1. The van der Waals surface area contributed by atoms with Crippen LogP contribution in [0.25, 0.3) is 0 Å². The van der Waals surface area contributed by atoms with Gasteiger partial charge in [-0.15, -0.1) is 0 Å². The Morgan fingerprint density at radius 2 is 1.88 bits per heavy atom. The van der Waals surface area contributed by atoms with Crippen LogP contribution in [0, 0.1) is 17.8 Å². The van der Waals surface area contributed by atoms with Gasteiger partial charge in [-0.3, -0.25) is 0 Å². The van der Waals surface area contributed by atoms with Crippen molar-refractivity contribution in [2.75, 3.05) is 19.6 Å². The number of fused-ring (bicyclic) bond motifs is 1. The quantitative estimate of drug-likeness (QED) is 0.816. The zero-order valence-corrected chi connectivity index (χ0v) is 11.7. The predicted octanol–water partition coefficient (Wildman–Crippen LogP) is 2.87. The van der Waals surface area contributed by atoms with E-state index < -0.39 is 0 Å². The fourth-order valence-electron chi connectivity index (χ4n) is 3.62. The van der Waals surface area contributed by atoms with Gasteiger partial charge in [0.1, 0.15) is 0 Å². The van der Waals surface area contributed by atoms with E-state index in [1.165, 1.54) is 51.6 Å². The molecule has 4 atom stereocenters. The lowest BCUT2D eigenvalue weighted by Gasteiger charge is -2.42. The lowest BCUT2D eigenvalue weighted by Crippen LogP contribution is -2.48. The van der Waals surface area contributed by atoms with Crippen molar-refractivity contribution in [3.8, 4) is 0 Å². The van der Waals surface area contributed by atoms with Crippen LogP contribution >= 0.6 is 0 Å². The molecule has 0 aromatic carbocycles. The second-order valence-corrected chi connectivity index (χ2v) is 6.40. The standard InChI is InChI=1S/C15H30N2/c1-3-12(2)15(16)11-17-9-8-13-6-4-5-7-14(13)10-17/h12-15H,3-11,16H2,1-2H3/t12-,13+,14+,15+/m0/s1. The Bertz CT molecular complexity index is 227. The van der Waals surface area contributed by atoms with E-state index in [2.05, 4.69) is 18.7 Å². The van der Waals surface area contributed by atoms with Crippen LogP contribution in [-0.2, 0) is 0 Å². The average Bonchev–Trinajstić information content (AvgIpc) is 2.37. The lowest BCUT2D eigenvalue weighted by atomic mass is 9.75. The summed E-state index contributed by atoms with van der Waals surface area (Å²) in [5.74, 6) is 2.69. The number of nitrogens with two attached hydrogens (primary N) is 1. The molecule has 1 saturated carbocycles. The molecule has 0 aromatic heterocycles. The number of likely N-dealkylation sites (tertiary alicyclic amines) is 1. The predicted molar refractivity (Wildman–Crippen MR) is 73.9 cm³/mol. The maximum absolute atomic E-state index is 6.28. The first-order valence-electron chi connectivity index (χ1n) is 7.68. The molecule has 2 heteroatoms. The van der Waals surface area contributed by atoms with Crippen LogP contribution in [-0.4, -0.2) is 30.6 Å². The summed E-state index contributed by atoms with van der Waals surface area (Å²) in [6.07, 6.45) is 8.55. The first-order chi connectivity index (χ1) is 8.20. The number of hydrogen-bond acceptors (Lipinski definition) is 2. The highest BCUT2D eigenvalue weighted by molar-refractivity contribution is 4.85. The van der Waals surface area contributed by atoms with E-state index in [9.17, 15) is 0 Å². The summed E-state index contributed by atoms with van der Waals surface area (Å²) < 4.78 is 0. The van der Waals surface area contributed by atoms with Gasteiger partial charge < -0.3 is 10.6 Å². The fraction of sp³-hybridized carbons (Fsp3) is 1.00. The largest absolute Gasteiger partial charge is 0.326 e. The summed E-state index contributed by atoms with van der Waals surface area (Å²) >= 11 is 0. The molecular weight excluding hydrogens is 208 g/mol. The Labute approximate surface area is 107 Å². The summed E-state index contributed by atoms with van der Waals surface area (Å²) in [5, 5.41) is 0. The Hall–Kier alpha value is -0.0800. The summed E-state index contributed by atoms with van der Waals surface area (Å²) in [5.41, 5.74) is 6.28. The minimum atomic E-state index is 0.375. The van der Waals surface area contributed by atoms with Crippen molar-refractivity contribution >= 4 is 0 Å². The Morgan fingerprint density at radius 3 is 2.59 bits per heavy atom. The molecular formula is C15H30N2. The van der Waals surface area contributed by atoms with Crippen molar-refractivity contribution in [3.63, 3.8) is 0 Å². The van der Waals surface area contributed by atoms with Gasteiger partial charge in [-0.05, 0) is 37.1 Å². The van der Waals surface area contributed by atoms with Crippen LogP contribution in [0.3, 0.4) is 0 Å². The Kier molecular flexibility index (Phi) is 4.87. The van der Waals surface area contributed by atoms with Crippen LogP contribution in [0.5, 0.6) is 0 Å². The third-order valence-electron chi connectivity index (χ3n) is 5.22. The van der Waals surface area contributed by atoms with Crippen LogP contribution in [0.4, 0.5) is 0 Å². The third-order valence-corrected chi connectivity index (χ3v) is 5.22. The topological polar surface area (TPSA) is 29.3 Å². The maximum atomic E-state index is 6.28. The van der Waals surface area contributed by atoms with E-state index in [1.54, 1.807) is 0 Å². The van der Waals surface area contributed by atoms with Gasteiger partial charge in [-0.2, -0.15) is 0 Å². The van der Waals surface area contributed by atoms with Gasteiger partial charge in [0.05, 0.1) is 0 Å². The van der Waals surface area contributed by atoms with Crippen molar-refractivity contribution in [1.82, 2.24) is 4.90 Å². The molecule has 17 heavy (non-hydrogen) atoms. The molecule has 2 N–H and O–H groups in total. The van der Waals surface area contributed by atoms with Gasteiger partial charge in [0.25, 0.3) is 0 Å². The fourth-order valence-corrected chi connectivity index (χ4v) is 3.62. The molecule has 0 aromatic rings. The van der Waals surface area contributed by atoms with Crippen LogP contribution < -0.4 is 5.73 Å². The molecule has 0 amide bonds. The van der Waals surface area contributed by atoms with Gasteiger partial charge in [0, 0.05) is 19.1 Å². The van der Waals surface area contributed by atoms with Gasteiger partial charge >= 0.3 is 0 Å². The maximum Gasteiger partial charge on any atom is 0.0193 e. The molecule has 2 nitrogen and oxygen atoms in total. The molecule has 0 radical (unpaired) electrons. The first kappa shape index (κ1) is 13.4. The molecule has 0 bridgehead atoms. The van der Waals surface area contributed by atoms with Gasteiger partial charge in [0.2, 0.25) is 0 Å². The van der Waals surface area contributed by atoms with E-state index >= 15 is 0 Å². The zero-order valence-electron chi connectivity index (χ0n) is 11.7. The van der Waals surface area contributed by atoms with E-state index in [0.717, 1.165) is 18.4 Å². The smallest absolute Gasteiger partial charge is 0.0193 e. The Balaban J connectivity index is 1.79. The highest BCUT2D eigenvalue weighted by Gasteiger charge is 2.31. The van der Waals surface area contributed by atoms with Crippen LogP contribution in [0.15, 0.2) is 0 Å². The molecule has 100 valence electrons. The van der Waals surface area contributed by atoms with E-state index in [1.807, 2.05) is 0 Å². The van der Waals surface area contributed by atoms with Gasteiger partial charge in [-0.25, -0.2) is 0 Å². The normalized spacial score (nSPS) is 34.1. The van der Waals surface area contributed by atoms with Gasteiger partial charge in [-0.1, -0.05) is 39.5 Å². The monoisotopic (exact) mass is 238 g/mol. The van der Waals surface area contributed by atoms with Crippen molar-refractivity contribution in [2.45, 2.75) is 58.4 Å². The summed E-state index contributed by atoms with van der Waals surface area (Å²) in [6.45, 7) is 8.29. The second kappa shape index (κ2) is 6.19. The number of nitrogens with zero attached hydrogens (tertiary/aromatic N) is 1. The summed E-state index contributed by atoms with van der Waals surface area (Å²) in [7, 11) is 0. The summed E-state index contributed by atoms with van der Waals surface area (Å²) in [6, 6.07) is 0.375. The van der Waals surface area contributed by atoms with E-state index in [0.29, 0.717) is 12.0 Å². The SMILES string of the molecule is CC[C@H](C)[C@H](N)CN1CC[C@H]2CCCC[C@@H]2C1. The molecule has 2 fully saturated rings. The third kappa shape index (κ3) is 3.45. The molecule has 1 heterocycles. The lowest BCUT2D eigenvalue weighted by molar-refractivity contribution is 0.0785.